The van der Waals surface area contributed by atoms with Crippen molar-refractivity contribution in [1.82, 2.24) is 0 Å². The van der Waals surface area contributed by atoms with Gasteiger partial charge in [-0.05, 0) is 43.4 Å². The van der Waals surface area contributed by atoms with Gasteiger partial charge in [-0.25, -0.2) is 0 Å². The zero-order valence-electron chi connectivity index (χ0n) is 10.9. The van der Waals surface area contributed by atoms with Crippen molar-refractivity contribution in [3.05, 3.63) is 29.3 Å². The summed E-state index contributed by atoms with van der Waals surface area (Å²) in [5.41, 5.74) is 7.75. The molecule has 1 aromatic rings. The third-order valence-electron chi connectivity index (χ3n) is 3.60. The van der Waals surface area contributed by atoms with E-state index < -0.39 is 0 Å². The van der Waals surface area contributed by atoms with Crippen LogP contribution in [-0.4, -0.2) is 11.6 Å². The Morgan fingerprint density at radius 3 is 2.72 bits per heavy atom. The second-order valence-electron chi connectivity index (χ2n) is 5.18. The van der Waals surface area contributed by atoms with Crippen LogP contribution < -0.4 is 10.5 Å². The molecule has 2 rings (SSSR count). The summed E-state index contributed by atoms with van der Waals surface area (Å²) in [6.45, 7) is 2.84. The maximum absolute atomic E-state index is 5.95. The summed E-state index contributed by atoms with van der Waals surface area (Å²) in [6, 6.07) is 5.99. The maximum atomic E-state index is 5.95. The molecule has 1 saturated carbocycles. The minimum atomic E-state index is 0.411. The zero-order valence-corrected chi connectivity index (χ0v) is 11.8. The Balaban J connectivity index is 2.03. The summed E-state index contributed by atoms with van der Waals surface area (Å²) >= 11 is 5.06. The molecule has 3 heteroatoms. The Morgan fingerprint density at radius 1 is 1.33 bits per heavy atom. The first-order valence-corrected chi connectivity index (χ1v) is 7.11. The normalized spacial score (nSPS) is 16.5. The number of thiocarbonyl (C=S) groups is 1. The van der Waals surface area contributed by atoms with Crippen molar-refractivity contribution >= 4 is 17.2 Å². The molecule has 2 nitrogen and oxygen atoms in total. The van der Waals surface area contributed by atoms with Crippen LogP contribution in [0.3, 0.4) is 0 Å². The fourth-order valence-electron chi connectivity index (χ4n) is 2.51. The largest absolute Gasteiger partial charge is 0.493 e. The lowest BCUT2D eigenvalue weighted by Gasteiger charge is -2.22. The van der Waals surface area contributed by atoms with E-state index in [0.29, 0.717) is 10.9 Å². The first-order chi connectivity index (χ1) is 8.66. The van der Waals surface area contributed by atoms with Crippen LogP contribution in [0.5, 0.6) is 5.75 Å². The van der Waals surface area contributed by atoms with E-state index in [4.69, 9.17) is 22.7 Å². The van der Waals surface area contributed by atoms with E-state index in [1.807, 2.05) is 18.2 Å². The molecule has 1 aromatic carbocycles. The van der Waals surface area contributed by atoms with Crippen LogP contribution in [0.2, 0.25) is 0 Å². The lowest BCUT2D eigenvalue weighted by Crippen LogP contribution is -2.17. The minimum Gasteiger partial charge on any atom is -0.493 e. The van der Waals surface area contributed by atoms with Crippen LogP contribution in [0, 0.1) is 12.8 Å². The number of rotatable bonds is 4. The van der Waals surface area contributed by atoms with Crippen LogP contribution in [0.4, 0.5) is 0 Å². The average molecular weight is 263 g/mol. The number of hydrogen-bond acceptors (Lipinski definition) is 2. The Labute approximate surface area is 115 Å². The number of aryl methyl sites for hydroxylation is 1. The number of nitrogens with two attached hydrogens (primary N) is 1. The van der Waals surface area contributed by atoms with Gasteiger partial charge in [-0.3, -0.25) is 0 Å². The van der Waals surface area contributed by atoms with Crippen molar-refractivity contribution in [1.29, 1.82) is 0 Å². The Bertz CT molecular complexity index is 425. The van der Waals surface area contributed by atoms with Crippen LogP contribution in [0.1, 0.15) is 43.2 Å². The summed E-state index contributed by atoms with van der Waals surface area (Å²) in [5.74, 6) is 1.53. The van der Waals surface area contributed by atoms with Crippen molar-refractivity contribution in [2.45, 2.75) is 39.0 Å². The third kappa shape index (κ3) is 3.45. The van der Waals surface area contributed by atoms with Crippen molar-refractivity contribution in [2.24, 2.45) is 11.7 Å². The monoisotopic (exact) mass is 263 g/mol. The fourth-order valence-corrected chi connectivity index (χ4v) is 2.68. The van der Waals surface area contributed by atoms with Gasteiger partial charge in [0.1, 0.15) is 10.7 Å². The number of ether oxygens (including phenoxy) is 1. The highest BCUT2D eigenvalue weighted by atomic mass is 32.1. The summed E-state index contributed by atoms with van der Waals surface area (Å²) in [5, 5.41) is 0. The molecule has 98 valence electrons. The summed E-state index contributed by atoms with van der Waals surface area (Å²) in [6.07, 6.45) is 6.62. The maximum Gasteiger partial charge on any atom is 0.129 e. The molecule has 0 bridgehead atoms. The van der Waals surface area contributed by atoms with Gasteiger partial charge >= 0.3 is 0 Å². The second-order valence-corrected chi connectivity index (χ2v) is 5.62. The molecular weight excluding hydrogens is 242 g/mol. The van der Waals surface area contributed by atoms with Crippen molar-refractivity contribution in [3.63, 3.8) is 0 Å². The molecular formula is C15H21NOS. The van der Waals surface area contributed by atoms with Gasteiger partial charge in [-0.2, -0.15) is 0 Å². The molecule has 18 heavy (non-hydrogen) atoms. The molecule has 0 heterocycles. The van der Waals surface area contributed by atoms with Gasteiger partial charge in [0.15, 0.2) is 0 Å². The van der Waals surface area contributed by atoms with E-state index in [0.717, 1.165) is 17.9 Å². The highest BCUT2D eigenvalue weighted by Gasteiger charge is 2.15. The molecule has 0 aromatic heterocycles. The highest BCUT2D eigenvalue weighted by molar-refractivity contribution is 7.80. The molecule has 1 aliphatic rings. The molecule has 0 spiro atoms. The SMILES string of the molecule is Cc1ccc(C(N)=S)c(OCC2CCCCC2)c1. The summed E-state index contributed by atoms with van der Waals surface area (Å²) in [4.78, 5) is 0.411. The zero-order chi connectivity index (χ0) is 13.0. The van der Waals surface area contributed by atoms with Crippen LogP contribution in [0.25, 0.3) is 0 Å². The first-order valence-electron chi connectivity index (χ1n) is 6.70. The van der Waals surface area contributed by atoms with Crippen LogP contribution in [0.15, 0.2) is 18.2 Å². The van der Waals surface area contributed by atoms with E-state index in [2.05, 4.69) is 6.92 Å². The van der Waals surface area contributed by atoms with Crippen molar-refractivity contribution < 1.29 is 4.74 Å². The topological polar surface area (TPSA) is 35.2 Å². The van der Waals surface area contributed by atoms with E-state index in [-0.39, 0.29) is 0 Å². The van der Waals surface area contributed by atoms with Gasteiger partial charge in [0.25, 0.3) is 0 Å². The molecule has 0 radical (unpaired) electrons. The number of benzene rings is 1. The molecule has 0 atom stereocenters. The predicted octanol–water partition coefficient (Wildman–Crippen LogP) is 3.59. The Kier molecular flexibility index (Phi) is 4.59. The van der Waals surface area contributed by atoms with Gasteiger partial charge in [0, 0.05) is 0 Å². The Morgan fingerprint density at radius 2 is 2.06 bits per heavy atom. The molecule has 0 unspecified atom stereocenters. The van der Waals surface area contributed by atoms with Gasteiger partial charge in [0.05, 0.1) is 12.2 Å². The fraction of sp³-hybridized carbons (Fsp3) is 0.533. The van der Waals surface area contributed by atoms with Crippen molar-refractivity contribution in [3.8, 4) is 5.75 Å². The smallest absolute Gasteiger partial charge is 0.129 e. The second kappa shape index (κ2) is 6.19. The van der Waals surface area contributed by atoms with E-state index in [1.165, 1.54) is 37.7 Å². The van der Waals surface area contributed by atoms with E-state index >= 15 is 0 Å². The summed E-state index contributed by atoms with van der Waals surface area (Å²) < 4.78 is 5.95. The minimum absolute atomic E-state index is 0.411. The van der Waals surface area contributed by atoms with Crippen molar-refractivity contribution in [2.75, 3.05) is 6.61 Å². The first kappa shape index (κ1) is 13.3. The molecule has 1 aliphatic carbocycles. The molecule has 2 N–H and O–H groups in total. The lowest BCUT2D eigenvalue weighted by atomic mass is 9.90. The van der Waals surface area contributed by atoms with Crippen LogP contribution in [-0.2, 0) is 0 Å². The molecule has 0 saturated heterocycles. The molecule has 0 aliphatic heterocycles. The third-order valence-corrected chi connectivity index (χ3v) is 3.82. The Hall–Kier alpha value is -1.09. The predicted molar refractivity (Wildman–Crippen MR) is 79.1 cm³/mol. The average Bonchev–Trinajstić information content (AvgIpc) is 2.37. The molecule has 1 fully saturated rings. The highest BCUT2D eigenvalue weighted by Crippen LogP contribution is 2.26. The van der Waals surface area contributed by atoms with Gasteiger partial charge in [0.2, 0.25) is 0 Å². The van der Waals surface area contributed by atoms with Gasteiger partial charge in [-0.1, -0.05) is 37.5 Å². The van der Waals surface area contributed by atoms with Gasteiger partial charge < -0.3 is 10.5 Å². The number of hydrogen-bond donors (Lipinski definition) is 1. The quantitative estimate of drug-likeness (QED) is 0.843. The van der Waals surface area contributed by atoms with E-state index in [1.54, 1.807) is 0 Å². The summed E-state index contributed by atoms with van der Waals surface area (Å²) in [7, 11) is 0. The van der Waals surface area contributed by atoms with E-state index in [9.17, 15) is 0 Å². The lowest BCUT2D eigenvalue weighted by molar-refractivity contribution is 0.208. The van der Waals surface area contributed by atoms with Gasteiger partial charge in [-0.15, -0.1) is 0 Å². The standard InChI is InChI=1S/C15H21NOS/c1-11-7-8-13(15(16)18)14(9-11)17-10-12-5-3-2-4-6-12/h7-9,12H,2-6,10H2,1H3,(H2,16,18). The van der Waals surface area contributed by atoms with Crippen LogP contribution >= 0.6 is 12.2 Å². The molecule has 0 amide bonds.